The first-order chi connectivity index (χ1) is 8.77. The SMILES string of the molecule is CN1B(c2cccc[n+]2C)C=Cc2cccnc21. The van der Waals surface area contributed by atoms with Crippen LogP contribution in [0.15, 0.2) is 48.7 Å². The van der Waals surface area contributed by atoms with Crippen molar-refractivity contribution in [3.8, 4) is 0 Å². The molecule has 0 aromatic carbocycles. The average molecular weight is 236 g/mol. The lowest BCUT2D eigenvalue weighted by atomic mass is 9.55. The second-order valence-corrected chi connectivity index (χ2v) is 4.57. The van der Waals surface area contributed by atoms with Gasteiger partial charge in [0.2, 0.25) is 0 Å². The fraction of sp³-hybridized carbons (Fsp3) is 0.143. The van der Waals surface area contributed by atoms with Crippen LogP contribution in [0, 0.1) is 0 Å². The van der Waals surface area contributed by atoms with Crippen molar-refractivity contribution in [1.82, 2.24) is 4.98 Å². The van der Waals surface area contributed by atoms with Crippen LogP contribution in [0.3, 0.4) is 0 Å². The van der Waals surface area contributed by atoms with Gasteiger partial charge >= 0.3 is 6.85 Å². The molecule has 0 fully saturated rings. The van der Waals surface area contributed by atoms with E-state index in [2.05, 4.69) is 64.9 Å². The Kier molecular flexibility index (Phi) is 2.63. The molecule has 2 aromatic rings. The molecule has 88 valence electrons. The van der Waals surface area contributed by atoms with E-state index < -0.39 is 0 Å². The van der Waals surface area contributed by atoms with E-state index in [1.54, 1.807) is 0 Å². The maximum Gasteiger partial charge on any atom is 0.397 e. The predicted molar refractivity (Wildman–Crippen MR) is 74.7 cm³/mol. The van der Waals surface area contributed by atoms with E-state index in [1.165, 1.54) is 11.2 Å². The largest absolute Gasteiger partial charge is 0.397 e. The van der Waals surface area contributed by atoms with E-state index in [4.69, 9.17) is 0 Å². The zero-order chi connectivity index (χ0) is 12.5. The lowest BCUT2D eigenvalue weighted by Gasteiger charge is -2.26. The topological polar surface area (TPSA) is 20.0 Å². The van der Waals surface area contributed by atoms with Crippen LogP contribution >= 0.6 is 0 Å². The summed E-state index contributed by atoms with van der Waals surface area (Å²) in [6.45, 7) is 0.235. The lowest BCUT2D eigenvalue weighted by Crippen LogP contribution is -2.60. The highest BCUT2D eigenvalue weighted by Crippen LogP contribution is 2.22. The number of rotatable bonds is 1. The fourth-order valence-corrected chi connectivity index (χ4v) is 2.43. The maximum absolute atomic E-state index is 4.47. The Hall–Kier alpha value is -2.10. The molecule has 4 heteroatoms. The number of hydrogen-bond acceptors (Lipinski definition) is 2. The molecule has 3 rings (SSSR count). The third-order valence-electron chi connectivity index (χ3n) is 3.42. The Balaban J connectivity index is 2.06. The van der Waals surface area contributed by atoms with Gasteiger partial charge in [-0.15, -0.1) is 0 Å². The summed E-state index contributed by atoms with van der Waals surface area (Å²) < 4.78 is 2.15. The molecule has 0 saturated heterocycles. The van der Waals surface area contributed by atoms with Gasteiger partial charge in [0.15, 0.2) is 11.8 Å². The Bertz CT molecular complexity index is 609. The van der Waals surface area contributed by atoms with Gasteiger partial charge < -0.3 is 4.81 Å². The second kappa shape index (κ2) is 4.29. The van der Waals surface area contributed by atoms with Crippen LogP contribution in [-0.2, 0) is 7.05 Å². The number of aromatic nitrogens is 2. The number of nitrogens with zero attached hydrogens (tertiary/aromatic N) is 3. The number of pyridine rings is 2. The van der Waals surface area contributed by atoms with Crippen molar-refractivity contribution in [2.45, 2.75) is 0 Å². The van der Waals surface area contributed by atoms with E-state index in [1.807, 2.05) is 18.3 Å². The van der Waals surface area contributed by atoms with Crippen molar-refractivity contribution in [3.05, 3.63) is 54.3 Å². The maximum atomic E-state index is 4.47. The van der Waals surface area contributed by atoms with Gasteiger partial charge in [-0.1, -0.05) is 18.1 Å². The lowest BCUT2D eigenvalue weighted by molar-refractivity contribution is -0.654. The van der Waals surface area contributed by atoms with Crippen molar-refractivity contribution >= 4 is 24.3 Å². The third kappa shape index (κ3) is 1.70. The molecule has 0 unspecified atom stereocenters. The van der Waals surface area contributed by atoms with Crippen molar-refractivity contribution in [3.63, 3.8) is 0 Å². The highest BCUT2D eigenvalue weighted by molar-refractivity contribution is 6.80. The smallest absolute Gasteiger partial charge is 0.389 e. The number of aryl methyl sites for hydroxylation is 1. The molecule has 0 atom stereocenters. The van der Waals surface area contributed by atoms with Gasteiger partial charge in [-0.05, 0) is 25.2 Å². The Labute approximate surface area is 108 Å². The molecule has 0 N–H and O–H groups in total. The third-order valence-corrected chi connectivity index (χ3v) is 3.42. The van der Waals surface area contributed by atoms with Crippen LogP contribution in [0.2, 0.25) is 0 Å². The first kappa shape index (κ1) is 11.0. The van der Waals surface area contributed by atoms with Crippen LogP contribution in [0.1, 0.15) is 5.56 Å². The van der Waals surface area contributed by atoms with Gasteiger partial charge in [-0.3, -0.25) is 0 Å². The van der Waals surface area contributed by atoms with Gasteiger partial charge in [0, 0.05) is 17.8 Å². The van der Waals surface area contributed by atoms with Gasteiger partial charge in [0.1, 0.15) is 12.9 Å². The minimum absolute atomic E-state index is 0.235. The molecule has 0 bridgehead atoms. The Morgan fingerprint density at radius 1 is 1.22 bits per heavy atom. The van der Waals surface area contributed by atoms with Gasteiger partial charge in [0.05, 0.1) is 0 Å². The van der Waals surface area contributed by atoms with Gasteiger partial charge in [0.25, 0.3) is 0 Å². The van der Waals surface area contributed by atoms with Gasteiger partial charge in [-0.2, -0.15) is 0 Å². The monoisotopic (exact) mass is 236 g/mol. The number of hydrogen-bond donors (Lipinski definition) is 0. The minimum atomic E-state index is 0.235. The average Bonchev–Trinajstić information content (AvgIpc) is 2.41. The summed E-state index contributed by atoms with van der Waals surface area (Å²) in [5, 5.41) is 0. The summed E-state index contributed by atoms with van der Waals surface area (Å²) in [5.41, 5.74) is 2.43. The summed E-state index contributed by atoms with van der Waals surface area (Å²) in [6.07, 6.45) is 6.07. The molecule has 3 heterocycles. The van der Waals surface area contributed by atoms with Crippen molar-refractivity contribution in [1.29, 1.82) is 0 Å². The molecular formula is C14H15BN3+. The molecule has 0 aliphatic carbocycles. The zero-order valence-corrected chi connectivity index (χ0v) is 10.6. The number of anilines is 1. The molecule has 1 aliphatic rings. The van der Waals surface area contributed by atoms with Crippen molar-refractivity contribution in [2.75, 3.05) is 11.9 Å². The fourth-order valence-electron chi connectivity index (χ4n) is 2.43. The quantitative estimate of drug-likeness (QED) is 0.539. The zero-order valence-electron chi connectivity index (χ0n) is 10.6. The summed E-state index contributed by atoms with van der Waals surface area (Å²) in [5.74, 6) is 3.26. The van der Waals surface area contributed by atoms with Crippen LogP contribution in [0.25, 0.3) is 6.08 Å². The molecule has 2 aromatic heterocycles. The summed E-state index contributed by atoms with van der Waals surface area (Å²) in [6, 6.07) is 10.3. The Morgan fingerprint density at radius 3 is 2.94 bits per heavy atom. The van der Waals surface area contributed by atoms with E-state index in [9.17, 15) is 0 Å². The van der Waals surface area contributed by atoms with E-state index in [0.717, 1.165) is 5.82 Å². The summed E-state index contributed by atoms with van der Waals surface area (Å²) >= 11 is 0. The summed E-state index contributed by atoms with van der Waals surface area (Å²) in [4.78, 5) is 6.68. The molecule has 18 heavy (non-hydrogen) atoms. The van der Waals surface area contributed by atoms with Crippen LogP contribution in [-0.4, -0.2) is 18.9 Å². The second-order valence-electron chi connectivity index (χ2n) is 4.57. The van der Waals surface area contributed by atoms with Crippen LogP contribution in [0.5, 0.6) is 0 Å². The predicted octanol–water partition coefficient (Wildman–Crippen LogP) is 0.807. The molecule has 0 spiro atoms. The first-order valence-corrected chi connectivity index (χ1v) is 6.08. The highest BCUT2D eigenvalue weighted by Gasteiger charge is 2.32. The van der Waals surface area contributed by atoms with E-state index in [0.29, 0.717) is 0 Å². The van der Waals surface area contributed by atoms with Crippen molar-refractivity contribution < 1.29 is 4.57 Å². The van der Waals surface area contributed by atoms with Gasteiger partial charge in [-0.25, -0.2) is 9.55 Å². The highest BCUT2D eigenvalue weighted by atomic mass is 15.1. The van der Waals surface area contributed by atoms with Crippen LogP contribution in [0.4, 0.5) is 5.82 Å². The normalized spacial score (nSPS) is 13.7. The van der Waals surface area contributed by atoms with E-state index >= 15 is 0 Å². The first-order valence-electron chi connectivity index (χ1n) is 6.08. The Morgan fingerprint density at radius 2 is 2.11 bits per heavy atom. The minimum Gasteiger partial charge on any atom is -0.389 e. The molecule has 0 amide bonds. The molecular weight excluding hydrogens is 221 g/mol. The molecule has 0 radical (unpaired) electrons. The standard InChI is InChI=1S/C14H15BN3/c1-17-11-4-3-7-13(17)15-9-8-12-6-5-10-16-14(12)18(15)2/h3-11H,1-2H3/q+1. The molecule has 3 nitrogen and oxygen atoms in total. The molecule has 1 aliphatic heterocycles. The van der Waals surface area contributed by atoms with E-state index in [-0.39, 0.29) is 6.85 Å². The van der Waals surface area contributed by atoms with Crippen LogP contribution < -0.4 is 15.0 Å². The summed E-state index contributed by atoms with van der Waals surface area (Å²) in [7, 11) is 4.16. The van der Waals surface area contributed by atoms with Crippen molar-refractivity contribution in [2.24, 2.45) is 7.05 Å². The number of fused-ring (bicyclic) bond motifs is 1. The molecule has 0 saturated carbocycles.